The summed E-state index contributed by atoms with van der Waals surface area (Å²) in [4.78, 5) is 29.5. The Morgan fingerprint density at radius 3 is 2.41 bits per heavy atom. The van der Waals surface area contributed by atoms with E-state index in [-0.39, 0.29) is 17.3 Å². The van der Waals surface area contributed by atoms with Gasteiger partial charge in [-0.25, -0.2) is 14.8 Å². The van der Waals surface area contributed by atoms with Gasteiger partial charge in [-0.15, -0.1) is 0 Å². The van der Waals surface area contributed by atoms with E-state index >= 15 is 0 Å². The van der Waals surface area contributed by atoms with Crippen molar-refractivity contribution < 1.29 is 14.7 Å². The number of nitrogens with zero attached hydrogens (tertiary/aromatic N) is 2. The normalized spacial score (nSPS) is 11.9. The van der Waals surface area contributed by atoms with Crippen molar-refractivity contribution in [3.63, 3.8) is 0 Å². The van der Waals surface area contributed by atoms with Gasteiger partial charge >= 0.3 is 5.97 Å². The van der Waals surface area contributed by atoms with Gasteiger partial charge in [-0.3, -0.25) is 4.79 Å². The highest BCUT2D eigenvalue weighted by molar-refractivity contribution is 5.92. The van der Waals surface area contributed by atoms with Gasteiger partial charge in [0.1, 0.15) is 5.69 Å². The number of hydrogen-bond donors (Lipinski definition) is 2. The van der Waals surface area contributed by atoms with Gasteiger partial charge in [0.2, 0.25) is 0 Å². The number of amides is 1. The Kier molecular flexibility index (Phi) is 4.56. The first-order valence-corrected chi connectivity index (χ1v) is 5.38. The smallest absolute Gasteiger partial charge is 0.356 e. The molecule has 0 radical (unpaired) electrons. The van der Waals surface area contributed by atoms with Crippen molar-refractivity contribution >= 4 is 11.9 Å². The van der Waals surface area contributed by atoms with Crippen LogP contribution in [0.1, 0.15) is 41.2 Å². The average Bonchev–Trinajstić information content (AvgIpc) is 2.35. The second-order valence-electron chi connectivity index (χ2n) is 3.82. The lowest BCUT2D eigenvalue weighted by Crippen LogP contribution is -2.29. The number of nitrogens with one attached hydrogen (secondary N) is 1. The molecule has 0 aromatic carbocycles. The third kappa shape index (κ3) is 3.82. The van der Waals surface area contributed by atoms with E-state index in [2.05, 4.69) is 15.3 Å². The maximum atomic E-state index is 11.6. The summed E-state index contributed by atoms with van der Waals surface area (Å²) in [6.07, 6.45) is 3.21. The van der Waals surface area contributed by atoms with Crippen LogP contribution in [0.2, 0.25) is 0 Å². The number of carbonyl (C=O) groups excluding carboxylic acids is 1. The van der Waals surface area contributed by atoms with Crippen LogP contribution in [-0.4, -0.2) is 33.5 Å². The topological polar surface area (TPSA) is 92.2 Å². The Bertz CT molecular complexity index is 403. The molecule has 2 N–H and O–H groups in total. The first-order valence-electron chi connectivity index (χ1n) is 5.38. The zero-order valence-electron chi connectivity index (χ0n) is 9.80. The Balaban J connectivity index is 2.61. The van der Waals surface area contributed by atoms with E-state index in [4.69, 9.17) is 5.11 Å². The van der Waals surface area contributed by atoms with Crippen molar-refractivity contribution in [2.75, 3.05) is 6.54 Å². The molecule has 0 aliphatic carbocycles. The van der Waals surface area contributed by atoms with Crippen molar-refractivity contribution in [3.05, 3.63) is 23.8 Å². The van der Waals surface area contributed by atoms with Gasteiger partial charge in [-0.1, -0.05) is 20.3 Å². The minimum Gasteiger partial charge on any atom is -0.476 e. The molecule has 1 heterocycles. The van der Waals surface area contributed by atoms with Crippen molar-refractivity contribution in [2.45, 2.75) is 20.3 Å². The predicted octanol–water partition coefficient (Wildman–Crippen LogP) is 0.951. The molecule has 0 saturated heterocycles. The summed E-state index contributed by atoms with van der Waals surface area (Å²) in [5, 5.41) is 11.3. The molecule has 1 unspecified atom stereocenters. The SMILES string of the molecule is CCC(C)CNC(=O)c1cnc(C(=O)O)cn1. The molecule has 0 saturated carbocycles. The summed E-state index contributed by atoms with van der Waals surface area (Å²) in [6.45, 7) is 4.63. The number of hydrogen-bond acceptors (Lipinski definition) is 4. The van der Waals surface area contributed by atoms with Crippen molar-refractivity contribution in [2.24, 2.45) is 5.92 Å². The van der Waals surface area contributed by atoms with E-state index in [0.29, 0.717) is 12.5 Å². The fraction of sp³-hybridized carbons (Fsp3) is 0.455. The number of aromatic carboxylic acids is 1. The van der Waals surface area contributed by atoms with Crippen LogP contribution in [0.15, 0.2) is 12.4 Å². The van der Waals surface area contributed by atoms with Crippen LogP contribution in [-0.2, 0) is 0 Å². The Labute approximate surface area is 99.1 Å². The van der Waals surface area contributed by atoms with Crippen molar-refractivity contribution in [1.82, 2.24) is 15.3 Å². The minimum absolute atomic E-state index is 0.123. The largest absolute Gasteiger partial charge is 0.476 e. The van der Waals surface area contributed by atoms with Gasteiger partial charge in [0.25, 0.3) is 5.91 Å². The monoisotopic (exact) mass is 237 g/mol. The maximum Gasteiger partial charge on any atom is 0.356 e. The second-order valence-corrected chi connectivity index (χ2v) is 3.82. The third-order valence-corrected chi connectivity index (χ3v) is 2.41. The van der Waals surface area contributed by atoms with Crippen LogP contribution in [0.5, 0.6) is 0 Å². The molecular weight excluding hydrogens is 222 g/mol. The quantitative estimate of drug-likeness (QED) is 0.795. The van der Waals surface area contributed by atoms with Crippen molar-refractivity contribution in [1.29, 1.82) is 0 Å². The van der Waals surface area contributed by atoms with E-state index in [1.54, 1.807) is 0 Å². The van der Waals surface area contributed by atoms with E-state index in [1.165, 1.54) is 0 Å². The number of rotatable bonds is 5. The van der Waals surface area contributed by atoms with Crippen LogP contribution < -0.4 is 5.32 Å². The standard InChI is InChI=1S/C11H15N3O3/c1-3-7(2)4-14-10(15)8-5-13-9(6-12-8)11(16)17/h5-7H,3-4H2,1-2H3,(H,14,15)(H,16,17). The summed E-state index contributed by atoms with van der Waals surface area (Å²) >= 11 is 0. The fourth-order valence-electron chi connectivity index (χ4n) is 1.06. The van der Waals surface area contributed by atoms with Crippen LogP contribution in [0.3, 0.4) is 0 Å². The van der Waals surface area contributed by atoms with E-state index in [9.17, 15) is 9.59 Å². The number of aromatic nitrogens is 2. The van der Waals surface area contributed by atoms with Crippen LogP contribution in [0.25, 0.3) is 0 Å². The summed E-state index contributed by atoms with van der Waals surface area (Å²) < 4.78 is 0. The molecule has 1 aromatic heterocycles. The lowest BCUT2D eigenvalue weighted by Gasteiger charge is -2.09. The van der Waals surface area contributed by atoms with Crippen LogP contribution in [0.4, 0.5) is 0 Å². The Hall–Kier alpha value is -1.98. The van der Waals surface area contributed by atoms with Gasteiger partial charge in [0.15, 0.2) is 5.69 Å². The Morgan fingerprint density at radius 2 is 1.94 bits per heavy atom. The zero-order chi connectivity index (χ0) is 12.8. The third-order valence-electron chi connectivity index (χ3n) is 2.41. The molecule has 92 valence electrons. The molecule has 0 fully saturated rings. The van der Waals surface area contributed by atoms with Gasteiger partial charge in [0.05, 0.1) is 12.4 Å². The minimum atomic E-state index is -1.16. The summed E-state index contributed by atoms with van der Waals surface area (Å²) in [6, 6.07) is 0. The molecule has 1 aromatic rings. The molecule has 17 heavy (non-hydrogen) atoms. The van der Waals surface area contributed by atoms with Crippen LogP contribution >= 0.6 is 0 Å². The number of carboxylic acid groups (broad SMARTS) is 1. The number of carbonyl (C=O) groups is 2. The molecule has 1 rings (SSSR count). The van der Waals surface area contributed by atoms with E-state index in [0.717, 1.165) is 18.8 Å². The average molecular weight is 237 g/mol. The van der Waals surface area contributed by atoms with Gasteiger partial charge in [-0.05, 0) is 5.92 Å². The lowest BCUT2D eigenvalue weighted by molar-refractivity contribution is 0.0689. The highest BCUT2D eigenvalue weighted by atomic mass is 16.4. The molecule has 6 heteroatoms. The second kappa shape index (κ2) is 5.93. The molecule has 1 atom stereocenters. The molecule has 1 amide bonds. The zero-order valence-corrected chi connectivity index (χ0v) is 9.80. The van der Waals surface area contributed by atoms with Crippen LogP contribution in [0, 0.1) is 5.92 Å². The molecule has 0 aliphatic rings. The Morgan fingerprint density at radius 1 is 1.35 bits per heavy atom. The summed E-state index contributed by atoms with van der Waals surface area (Å²) in [7, 11) is 0. The highest BCUT2D eigenvalue weighted by Crippen LogP contribution is 1.99. The van der Waals surface area contributed by atoms with E-state index in [1.807, 2.05) is 13.8 Å². The fourth-order valence-corrected chi connectivity index (χ4v) is 1.06. The molecule has 6 nitrogen and oxygen atoms in total. The first kappa shape index (κ1) is 13.1. The highest BCUT2D eigenvalue weighted by Gasteiger charge is 2.11. The van der Waals surface area contributed by atoms with Gasteiger partial charge in [0, 0.05) is 6.54 Å². The van der Waals surface area contributed by atoms with E-state index < -0.39 is 5.97 Å². The molecule has 0 aliphatic heterocycles. The summed E-state index contributed by atoms with van der Waals surface area (Å²) in [5.74, 6) is -1.11. The molecular formula is C11H15N3O3. The predicted molar refractivity (Wildman–Crippen MR) is 60.8 cm³/mol. The maximum absolute atomic E-state index is 11.6. The van der Waals surface area contributed by atoms with Crippen molar-refractivity contribution in [3.8, 4) is 0 Å². The number of carboxylic acids is 1. The molecule has 0 bridgehead atoms. The van der Waals surface area contributed by atoms with Gasteiger partial charge in [-0.2, -0.15) is 0 Å². The lowest BCUT2D eigenvalue weighted by atomic mass is 10.1. The molecule has 0 spiro atoms. The van der Waals surface area contributed by atoms with Gasteiger partial charge < -0.3 is 10.4 Å². The summed E-state index contributed by atoms with van der Waals surface area (Å²) in [5.41, 5.74) is -0.0539. The first-order chi connectivity index (χ1) is 8.04.